The zero-order valence-corrected chi connectivity index (χ0v) is 19.2. The maximum absolute atomic E-state index is 12.8. The lowest BCUT2D eigenvalue weighted by molar-refractivity contribution is -0.121. The minimum atomic E-state index is -0.219. The van der Waals surface area contributed by atoms with Crippen LogP contribution in [0.2, 0.25) is 0 Å². The molecule has 0 aliphatic heterocycles. The maximum Gasteiger partial charge on any atom is 0.226 e. The number of nitrogens with zero attached hydrogens (tertiary/aromatic N) is 2. The molecule has 2 aromatic heterocycles. The lowest BCUT2D eigenvalue weighted by Gasteiger charge is -2.23. The molecule has 0 saturated carbocycles. The Bertz CT molecular complexity index is 1010. The second kappa shape index (κ2) is 11.1. The number of carbonyl (C=O) groups is 2. The van der Waals surface area contributed by atoms with Gasteiger partial charge in [-0.1, -0.05) is 12.2 Å². The van der Waals surface area contributed by atoms with Gasteiger partial charge in [0.05, 0.1) is 31.0 Å². The largest absolute Gasteiger partial charge is 0.493 e. The molecule has 174 valence electrons. The average Bonchev–Trinajstić information content (AvgIpc) is 3.34. The van der Waals surface area contributed by atoms with E-state index in [4.69, 9.17) is 21.4 Å². The zero-order chi connectivity index (χ0) is 23.1. The molecule has 2 heterocycles. The molecular weight excluding hydrogens is 432 g/mol. The lowest BCUT2D eigenvalue weighted by atomic mass is 10.0. The maximum atomic E-state index is 12.8. The number of aromatic nitrogens is 2. The van der Waals surface area contributed by atoms with Gasteiger partial charge in [-0.15, -0.1) is 0 Å². The summed E-state index contributed by atoms with van der Waals surface area (Å²) in [5.74, 6) is 0.162. The van der Waals surface area contributed by atoms with Crippen LogP contribution in [0.3, 0.4) is 0 Å². The molecular formula is C22H30N4O5S. The van der Waals surface area contributed by atoms with Gasteiger partial charge in [0.25, 0.3) is 0 Å². The number of imidazole rings is 1. The van der Waals surface area contributed by atoms with Gasteiger partial charge in [0.1, 0.15) is 5.76 Å². The molecule has 1 aliphatic rings. The molecule has 32 heavy (non-hydrogen) atoms. The van der Waals surface area contributed by atoms with Crippen molar-refractivity contribution in [1.82, 2.24) is 19.8 Å². The highest BCUT2D eigenvalue weighted by atomic mass is 32.1. The van der Waals surface area contributed by atoms with Gasteiger partial charge in [-0.25, -0.2) is 0 Å². The second-order valence-corrected chi connectivity index (χ2v) is 8.02. The number of ether oxygens (including phenoxy) is 1. The monoisotopic (exact) mass is 462 g/mol. The summed E-state index contributed by atoms with van der Waals surface area (Å²) < 4.78 is 14.5. The summed E-state index contributed by atoms with van der Waals surface area (Å²) in [6.07, 6.45) is 7.15. The Labute approximate surface area is 192 Å². The normalized spacial score (nSPS) is 17.9. The van der Waals surface area contributed by atoms with Gasteiger partial charge in [-0.05, 0) is 44.1 Å². The van der Waals surface area contributed by atoms with Crippen molar-refractivity contribution >= 4 is 24.0 Å². The standard InChI is InChI=1S/C22H30N4O5S/c1-3-30-17-8-6-16(7-9-17)24-20(28)13-19-21(29)26(14-18-5-4-12-31-18)22(32)25(19)11-10-23-15(2)27/h4-6,8,12,16-17,29H,3,7,9-11,13-14H2,1-2H3,(H,23,27)(H,24,28). The number of furan rings is 1. The summed E-state index contributed by atoms with van der Waals surface area (Å²) in [7, 11) is 0. The van der Waals surface area contributed by atoms with E-state index >= 15 is 0 Å². The number of nitrogens with one attached hydrogen (secondary N) is 2. The van der Waals surface area contributed by atoms with Gasteiger partial charge in [-0.3, -0.25) is 14.2 Å². The number of rotatable bonds is 10. The molecule has 2 aromatic rings. The highest BCUT2D eigenvalue weighted by Crippen LogP contribution is 2.24. The van der Waals surface area contributed by atoms with Crippen LogP contribution in [0.5, 0.6) is 5.88 Å². The van der Waals surface area contributed by atoms with Crippen molar-refractivity contribution in [3.63, 3.8) is 0 Å². The molecule has 9 nitrogen and oxygen atoms in total. The molecule has 0 radical (unpaired) electrons. The van der Waals surface area contributed by atoms with Crippen molar-refractivity contribution in [2.24, 2.45) is 0 Å². The molecule has 0 saturated heterocycles. The summed E-state index contributed by atoms with van der Waals surface area (Å²) >= 11 is 5.56. The van der Waals surface area contributed by atoms with Crippen molar-refractivity contribution in [2.75, 3.05) is 13.2 Å². The van der Waals surface area contributed by atoms with Crippen molar-refractivity contribution < 1.29 is 23.8 Å². The summed E-state index contributed by atoms with van der Waals surface area (Å²) in [5, 5.41) is 16.6. The van der Waals surface area contributed by atoms with Crippen molar-refractivity contribution in [3.8, 4) is 5.88 Å². The Morgan fingerprint density at radius 3 is 2.75 bits per heavy atom. The number of amides is 2. The Kier molecular flexibility index (Phi) is 8.29. The molecule has 0 aromatic carbocycles. The Morgan fingerprint density at radius 2 is 2.12 bits per heavy atom. The van der Waals surface area contributed by atoms with Crippen LogP contribution in [-0.2, 0) is 33.8 Å². The van der Waals surface area contributed by atoms with Crippen LogP contribution in [0.25, 0.3) is 0 Å². The van der Waals surface area contributed by atoms with Gasteiger partial charge in [0, 0.05) is 32.7 Å². The minimum Gasteiger partial charge on any atom is -0.493 e. The van der Waals surface area contributed by atoms with Crippen molar-refractivity contribution in [2.45, 2.75) is 58.3 Å². The van der Waals surface area contributed by atoms with E-state index in [0.717, 1.165) is 12.8 Å². The fourth-order valence-electron chi connectivity index (χ4n) is 3.76. The second-order valence-electron chi connectivity index (χ2n) is 7.66. The molecule has 3 rings (SSSR count). The topological polar surface area (TPSA) is 111 Å². The average molecular weight is 463 g/mol. The third kappa shape index (κ3) is 6.10. The summed E-state index contributed by atoms with van der Waals surface area (Å²) in [6.45, 7) is 4.94. The van der Waals surface area contributed by atoms with Crippen LogP contribution in [0.15, 0.2) is 35.0 Å². The molecule has 0 spiro atoms. The number of hydrogen-bond donors (Lipinski definition) is 3. The van der Waals surface area contributed by atoms with Gasteiger partial charge >= 0.3 is 0 Å². The van der Waals surface area contributed by atoms with Crippen LogP contribution in [0.1, 0.15) is 38.1 Å². The van der Waals surface area contributed by atoms with E-state index in [-0.39, 0.29) is 42.8 Å². The van der Waals surface area contributed by atoms with E-state index in [2.05, 4.69) is 10.6 Å². The Hall–Kier alpha value is -2.85. The summed E-state index contributed by atoms with van der Waals surface area (Å²) in [4.78, 5) is 24.0. The molecule has 2 atom stereocenters. The molecule has 3 N–H and O–H groups in total. The fraction of sp³-hybridized carbons (Fsp3) is 0.500. The van der Waals surface area contributed by atoms with E-state index in [0.29, 0.717) is 35.9 Å². The van der Waals surface area contributed by atoms with Gasteiger partial charge in [-0.2, -0.15) is 0 Å². The van der Waals surface area contributed by atoms with Crippen molar-refractivity contribution in [3.05, 3.63) is 46.8 Å². The smallest absolute Gasteiger partial charge is 0.226 e. The number of hydrogen-bond acceptors (Lipinski definition) is 6. The predicted octanol–water partition coefficient (Wildman–Crippen LogP) is 2.28. The molecule has 0 bridgehead atoms. The first kappa shape index (κ1) is 23.8. The van der Waals surface area contributed by atoms with Gasteiger partial charge in [0.15, 0.2) is 4.77 Å². The Morgan fingerprint density at radius 1 is 1.31 bits per heavy atom. The van der Waals surface area contributed by atoms with E-state index < -0.39 is 0 Å². The van der Waals surface area contributed by atoms with E-state index in [1.54, 1.807) is 23.0 Å². The highest BCUT2D eigenvalue weighted by molar-refractivity contribution is 7.71. The van der Waals surface area contributed by atoms with Gasteiger partial charge < -0.3 is 29.5 Å². The first-order chi connectivity index (χ1) is 15.4. The predicted molar refractivity (Wildman–Crippen MR) is 121 cm³/mol. The SMILES string of the molecule is CCOC1C=CC(NC(=O)Cc2c(O)n(Cc3ccco3)c(=S)n2CCNC(C)=O)CC1. The molecule has 1 aliphatic carbocycles. The van der Waals surface area contributed by atoms with Gasteiger partial charge in [0.2, 0.25) is 17.7 Å². The lowest BCUT2D eigenvalue weighted by Crippen LogP contribution is -2.37. The van der Waals surface area contributed by atoms with Crippen LogP contribution >= 0.6 is 12.2 Å². The third-order valence-electron chi connectivity index (χ3n) is 5.28. The molecule has 2 amide bonds. The number of carbonyl (C=O) groups excluding carboxylic acids is 2. The fourth-order valence-corrected chi connectivity index (χ4v) is 4.11. The highest BCUT2D eigenvalue weighted by Gasteiger charge is 2.23. The summed E-state index contributed by atoms with van der Waals surface area (Å²) in [6, 6.07) is 3.46. The van der Waals surface area contributed by atoms with E-state index in [9.17, 15) is 14.7 Å². The molecule has 0 fully saturated rings. The first-order valence-corrected chi connectivity index (χ1v) is 11.2. The van der Waals surface area contributed by atoms with Crippen LogP contribution < -0.4 is 10.6 Å². The quantitative estimate of drug-likeness (QED) is 0.369. The van der Waals surface area contributed by atoms with E-state index in [1.165, 1.54) is 11.5 Å². The molecule has 10 heteroatoms. The third-order valence-corrected chi connectivity index (χ3v) is 5.72. The number of aromatic hydroxyl groups is 1. The zero-order valence-electron chi connectivity index (χ0n) is 18.4. The van der Waals surface area contributed by atoms with E-state index in [1.807, 2.05) is 19.1 Å². The summed E-state index contributed by atoms with van der Waals surface area (Å²) in [5.41, 5.74) is 0.399. The Balaban J connectivity index is 1.75. The minimum absolute atomic E-state index is 0.0417. The molecule has 2 unspecified atom stereocenters. The van der Waals surface area contributed by atoms with Crippen LogP contribution in [-0.4, -0.2) is 51.4 Å². The van der Waals surface area contributed by atoms with Crippen LogP contribution in [0.4, 0.5) is 0 Å². The van der Waals surface area contributed by atoms with Crippen LogP contribution in [0, 0.1) is 4.77 Å². The van der Waals surface area contributed by atoms with Crippen molar-refractivity contribution in [1.29, 1.82) is 0 Å². The first-order valence-electron chi connectivity index (χ1n) is 10.8.